The lowest BCUT2D eigenvalue weighted by molar-refractivity contribution is -0.158. The molecule has 1 aliphatic heterocycles. The topological polar surface area (TPSA) is 144 Å². The van der Waals surface area contributed by atoms with Gasteiger partial charge in [-0.15, -0.1) is 0 Å². The molecule has 2 aliphatic rings. The molecule has 1 aliphatic carbocycles. The largest absolute Gasteiger partial charge is 0.480 e. The highest BCUT2D eigenvalue weighted by Gasteiger charge is 2.59. The number of aryl methyl sites for hydroxylation is 1. The maximum atomic E-state index is 14.0. The summed E-state index contributed by atoms with van der Waals surface area (Å²) in [6, 6.07) is 1.26. The molecule has 2 fully saturated rings. The predicted molar refractivity (Wildman–Crippen MR) is 134 cm³/mol. The SMILES string of the molecule is CCn1nccc1C(=O)NC(c1cn2nc(CC3(C(=O)O)C[C@@H](C(F)(F)F)NC3=O)ccc2n1)C1CCC(F)(F)CC1. The van der Waals surface area contributed by atoms with E-state index < -0.39 is 60.2 Å². The number of amides is 2. The van der Waals surface area contributed by atoms with Crippen molar-refractivity contribution in [1.82, 2.24) is 35.0 Å². The number of carbonyl (C=O) groups is 3. The van der Waals surface area contributed by atoms with Crippen LogP contribution in [0.25, 0.3) is 5.65 Å². The fourth-order valence-electron chi connectivity index (χ4n) is 5.71. The molecule has 1 saturated carbocycles. The second-order valence-corrected chi connectivity index (χ2v) is 10.8. The molecule has 1 saturated heterocycles. The number of nitrogens with zero attached hydrogens (tertiary/aromatic N) is 5. The second kappa shape index (κ2) is 10.6. The van der Waals surface area contributed by atoms with Gasteiger partial charge in [0.1, 0.15) is 11.7 Å². The maximum Gasteiger partial charge on any atom is 0.408 e. The quantitative estimate of drug-likeness (QED) is 0.267. The number of hydrogen-bond donors (Lipinski definition) is 3. The van der Waals surface area contributed by atoms with E-state index in [1.165, 1.54) is 39.8 Å². The minimum atomic E-state index is -4.82. The van der Waals surface area contributed by atoms with Crippen LogP contribution in [0.15, 0.2) is 30.6 Å². The summed E-state index contributed by atoms with van der Waals surface area (Å²) in [5, 5.41) is 22.8. The Labute approximate surface area is 235 Å². The molecule has 4 heterocycles. The van der Waals surface area contributed by atoms with Gasteiger partial charge in [0.15, 0.2) is 11.1 Å². The first-order valence-electron chi connectivity index (χ1n) is 13.4. The summed E-state index contributed by atoms with van der Waals surface area (Å²) < 4.78 is 70.5. The van der Waals surface area contributed by atoms with E-state index in [0.29, 0.717) is 12.2 Å². The maximum absolute atomic E-state index is 14.0. The normalized spacial score (nSPS) is 23.6. The molecular weight excluding hydrogens is 569 g/mol. The van der Waals surface area contributed by atoms with Crippen molar-refractivity contribution in [1.29, 1.82) is 0 Å². The van der Waals surface area contributed by atoms with Gasteiger partial charge >= 0.3 is 12.1 Å². The van der Waals surface area contributed by atoms with Crippen LogP contribution in [0, 0.1) is 11.3 Å². The fourth-order valence-corrected chi connectivity index (χ4v) is 5.71. The number of fused-ring (bicyclic) bond motifs is 1. The summed E-state index contributed by atoms with van der Waals surface area (Å²) in [4.78, 5) is 42.2. The van der Waals surface area contributed by atoms with E-state index in [-0.39, 0.29) is 48.6 Å². The van der Waals surface area contributed by atoms with E-state index in [1.54, 1.807) is 5.32 Å². The molecule has 2 unspecified atom stereocenters. The Morgan fingerprint density at radius 1 is 1.21 bits per heavy atom. The van der Waals surface area contributed by atoms with Gasteiger partial charge in [-0.3, -0.25) is 19.1 Å². The first-order valence-corrected chi connectivity index (χ1v) is 13.4. The first-order chi connectivity index (χ1) is 19.7. The van der Waals surface area contributed by atoms with Crippen LogP contribution in [-0.2, 0) is 22.6 Å². The van der Waals surface area contributed by atoms with Gasteiger partial charge in [-0.2, -0.15) is 23.4 Å². The van der Waals surface area contributed by atoms with Crippen molar-refractivity contribution in [2.24, 2.45) is 11.3 Å². The van der Waals surface area contributed by atoms with Crippen LogP contribution in [0.5, 0.6) is 0 Å². The van der Waals surface area contributed by atoms with Crippen molar-refractivity contribution < 1.29 is 41.4 Å². The van der Waals surface area contributed by atoms with Crippen LogP contribution < -0.4 is 10.6 Å². The van der Waals surface area contributed by atoms with Gasteiger partial charge in [0.2, 0.25) is 11.8 Å². The number of carboxylic acid groups (broad SMARTS) is 1. The summed E-state index contributed by atoms with van der Waals surface area (Å²) in [7, 11) is 0. The Balaban J connectivity index is 1.45. The summed E-state index contributed by atoms with van der Waals surface area (Å²) in [6.07, 6.45) is -3.97. The highest BCUT2D eigenvalue weighted by molar-refractivity contribution is 6.04. The van der Waals surface area contributed by atoms with Crippen molar-refractivity contribution >= 4 is 23.4 Å². The van der Waals surface area contributed by atoms with Crippen LogP contribution in [0.3, 0.4) is 0 Å². The third-order valence-electron chi connectivity index (χ3n) is 8.06. The molecule has 226 valence electrons. The van der Waals surface area contributed by atoms with E-state index in [1.807, 2.05) is 6.92 Å². The third kappa shape index (κ3) is 5.53. The highest BCUT2D eigenvalue weighted by Crippen LogP contribution is 2.42. The van der Waals surface area contributed by atoms with Crippen molar-refractivity contribution in [2.75, 3.05) is 0 Å². The van der Waals surface area contributed by atoms with E-state index in [0.717, 1.165) is 0 Å². The average Bonchev–Trinajstić information content (AvgIpc) is 3.64. The zero-order valence-corrected chi connectivity index (χ0v) is 22.4. The lowest BCUT2D eigenvalue weighted by atomic mass is 9.80. The Bertz CT molecular complexity index is 1510. The second-order valence-electron chi connectivity index (χ2n) is 10.8. The molecule has 16 heteroatoms. The Kier molecular flexibility index (Phi) is 7.43. The van der Waals surface area contributed by atoms with Gasteiger partial charge in [-0.05, 0) is 43.9 Å². The number of carboxylic acids is 1. The van der Waals surface area contributed by atoms with Crippen molar-refractivity contribution in [3.8, 4) is 0 Å². The zero-order valence-electron chi connectivity index (χ0n) is 22.4. The summed E-state index contributed by atoms with van der Waals surface area (Å²) in [5.74, 6) is -6.62. The number of carbonyl (C=O) groups excluding carboxylic acids is 2. The average molecular weight is 598 g/mol. The summed E-state index contributed by atoms with van der Waals surface area (Å²) >= 11 is 0. The summed E-state index contributed by atoms with van der Waals surface area (Å²) in [6.45, 7) is 2.24. The lowest BCUT2D eigenvalue weighted by Crippen LogP contribution is -2.41. The van der Waals surface area contributed by atoms with Crippen LogP contribution in [-0.4, -0.2) is 65.4 Å². The number of imidazole rings is 1. The number of rotatable bonds is 8. The van der Waals surface area contributed by atoms with E-state index >= 15 is 0 Å². The third-order valence-corrected chi connectivity index (χ3v) is 8.06. The molecule has 5 rings (SSSR count). The molecule has 0 radical (unpaired) electrons. The van der Waals surface area contributed by atoms with Crippen molar-refractivity contribution in [2.45, 2.75) is 76.2 Å². The standard InChI is InChI=1S/C26H28F5N7O4/c1-2-37-17(7-10-32-37)21(39)35-20(14-5-8-25(27,28)9-6-14)16-13-38-19(33-16)4-3-15(36-38)11-24(23(41)42)12-18(26(29,30)31)34-22(24)40/h3-4,7,10,13-14,18,20H,2,5-6,8-9,11-12H2,1H3,(H,34,40)(H,35,39)(H,41,42)/t18-,20?,24?/m0/s1. The van der Waals surface area contributed by atoms with Crippen LogP contribution in [0.2, 0.25) is 0 Å². The Morgan fingerprint density at radius 2 is 1.93 bits per heavy atom. The van der Waals surface area contributed by atoms with Gasteiger partial charge in [0, 0.05) is 38.4 Å². The molecule has 3 aromatic heterocycles. The van der Waals surface area contributed by atoms with Crippen LogP contribution in [0.4, 0.5) is 22.0 Å². The molecule has 11 nitrogen and oxygen atoms in total. The van der Waals surface area contributed by atoms with Gasteiger partial charge in [-0.1, -0.05) is 0 Å². The molecule has 3 atom stereocenters. The number of aromatic nitrogens is 5. The number of aliphatic carboxylic acids is 1. The van der Waals surface area contributed by atoms with Crippen molar-refractivity contribution in [3.63, 3.8) is 0 Å². The molecule has 0 spiro atoms. The van der Waals surface area contributed by atoms with E-state index in [2.05, 4.69) is 20.5 Å². The molecule has 2 amide bonds. The highest BCUT2D eigenvalue weighted by atomic mass is 19.4. The number of halogens is 5. The van der Waals surface area contributed by atoms with Gasteiger partial charge in [-0.25, -0.2) is 18.3 Å². The molecule has 0 bridgehead atoms. The fraction of sp³-hybridized carbons (Fsp3) is 0.538. The van der Waals surface area contributed by atoms with E-state index in [4.69, 9.17) is 0 Å². The monoisotopic (exact) mass is 597 g/mol. The van der Waals surface area contributed by atoms with E-state index in [9.17, 15) is 41.4 Å². The number of hydrogen-bond acceptors (Lipinski definition) is 6. The minimum absolute atomic E-state index is 0.0246. The molecule has 3 aromatic rings. The Hall–Kier alpha value is -4.11. The first kappa shape index (κ1) is 29.4. The van der Waals surface area contributed by atoms with Gasteiger partial charge < -0.3 is 15.7 Å². The molecule has 0 aromatic carbocycles. The summed E-state index contributed by atoms with van der Waals surface area (Å²) in [5.41, 5.74) is -1.50. The molecule has 3 N–H and O–H groups in total. The predicted octanol–water partition coefficient (Wildman–Crippen LogP) is 3.31. The van der Waals surface area contributed by atoms with Gasteiger partial charge in [0.25, 0.3) is 5.91 Å². The van der Waals surface area contributed by atoms with Crippen molar-refractivity contribution in [3.05, 3.63) is 47.7 Å². The van der Waals surface area contributed by atoms with Crippen LogP contribution >= 0.6 is 0 Å². The lowest BCUT2D eigenvalue weighted by Gasteiger charge is -2.33. The Morgan fingerprint density at radius 3 is 2.55 bits per heavy atom. The van der Waals surface area contributed by atoms with Crippen LogP contribution in [0.1, 0.15) is 66.9 Å². The number of alkyl halides is 5. The van der Waals surface area contributed by atoms with Gasteiger partial charge in [0.05, 0.1) is 23.6 Å². The molecular formula is C26H28F5N7O4. The smallest absolute Gasteiger partial charge is 0.408 e. The minimum Gasteiger partial charge on any atom is -0.480 e. The zero-order chi connectivity index (χ0) is 30.4. The molecule has 42 heavy (non-hydrogen) atoms. The number of nitrogens with one attached hydrogen (secondary N) is 2.